The summed E-state index contributed by atoms with van der Waals surface area (Å²) in [6.07, 6.45) is 3.32. The van der Waals surface area contributed by atoms with Crippen molar-refractivity contribution in [1.29, 1.82) is 0 Å². The van der Waals surface area contributed by atoms with Gasteiger partial charge in [-0.2, -0.15) is 0 Å². The maximum absolute atomic E-state index is 8.96. The Kier molecular flexibility index (Phi) is 3.74. The monoisotopic (exact) mass is 248 g/mol. The Hall–Kier alpha value is -1.42. The first-order valence-electron chi connectivity index (χ1n) is 5.28. The molecule has 0 saturated heterocycles. The Morgan fingerprint density at radius 1 is 1.24 bits per heavy atom. The minimum atomic E-state index is -0.336. The molecule has 1 aromatic carbocycles. The maximum Gasteiger partial charge on any atom is 0.0667 e. The second-order valence-electron chi connectivity index (χ2n) is 3.77. The molecule has 0 spiro atoms. The molecule has 3 nitrogen and oxygen atoms in total. The summed E-state index contributed by atoms with van der Waals surface area (Å²) in [7, 11) is 0. The molecule has 17 heavy (non-hydrogen) atoms. The van der Waals surface area contributed by atoms with Crippen LogP contribution >= 0.6 is 11.6 Å². The van der Waals surface area contributed by atoms with Gasteiger partial charge in [-0.3, -0.25) is 4.98 Å². The van der Waals surface area contributed by atoms with Gasteiger partial charge >= 0.3 is 0 Å². The number of nitrogens with zero attached hydrogens (tertiary/aromatic N) is 1. The molecule has 3 N–H and O–H groups in total. The van der Waals surface area contributed by atoms with Gasteiger partial charge in [0.25, 0.3) is 0 Å². The van der Waals surface area contributed by atoms with Crippen LogP contribution in [0.4, 0.5) is 0 Å². The fraction of sp³-hybridized carbons (Fsp3) is 0.154. The van der Waals surface area contributed by atoms with E-state index >= 15 is 0 Å². The molecule has 4 heteroatoms. The van der Waals surface area contributed by atoms with E-state index in [1.807, 2.05) is 30.3 Å². The first-order chi connectivity index (χ1) is 8.22. The fourth-order valence-electron chi connectivity index (χ4n) is 1.62. The van der Waals surface area contributed by atoms with Crippen LogP contribution in [0.3, 0.4) is 0 Å². The van der Waals surface area contributed by atoms with Gasteiger partial charge in [-0.1, -0.05) is 35.9 Å². The van der Waals surface area contributed by atoms with Crippen molar-refractivity contribution in [1.82, 2.24) is 4.98 Å². The summed E-state index contributed by atoms with van der Waals surface area (Å²) >= 11 is 6.06. The molecule has 1 atom stereocenters. The van der Waals surface area contributed by atoms with Gasteiger partial charge in [0.15, 0.2) is 0 Å². The minimum absolute atomic E-state index is 0.0602. The van der Waals surface area contributed by atoms with Gasteiger partial charge in [0.2, 0.25) is 0 Å². The Morgan fingerprint density at radius 3 is 2.53 bits per heavy atom. The van der Waals surface area contributed by atoms with E-state index in [2.05, 4.69) is 4.98 Å². The molecule has 1 aromatic heterocycles. The third kappa shape index (κ3) is 2.64. The molecule has 0 aliphatic carbocycles. The zero-order chi connectivity index (χ0) is 12.3. The minimum Gasteiger partial charge on any atom is -0.394 e. The highest BCUT2D eigenvalue weighted by molar-refractivity contribution is 6.33. The van der Waals surface area contributed by atoms with E-state index in [1.54, 1.807) is 12.4 Å². The van der Waals surface area contributed by atoms with Crippen LogP contribution in [0.15, 0.2) is 42.7 Å². The number of halogens is 1. The van der Waals surface area contributed by atoms with Crippen molar-refractivity contribution in [2.45, 2.75) is 6.04 Å². The van der Waals surface area contributed by atoms with Crippen LogP contribution in [0, 0.1) is 0 Å². The average Bonchev–Trinajstić information content (AvgIpc) is 2.39. The number of aromatic nitrogens is 1. The normalized spacial score (nSPS) is 12.4. The van der Waals surface area contributed by atoms with Gasteiger partial charge in [-0.15, -0.1) is 0 Å². The SMILES string of the molecule is N[C@@H](CO)c1ccc(-c2ccncc2Cl)cc1. The van der Waals surface area contributed by atoms with E-state index in [-0.39, 0.29) is 12.6 Å². The number of hydrogen-bond donors (Lipinski definition) is 2. The van der Waals surface area contributed by atoms with Gasteiger partial charge < -0.3 is 10.8 Å². The molecule has 2 rings (SSSR count). The van der Waals surface area contributed by atoms with Gasteiger partial charge in [-0.05, 0) is 17.2 Å². The molecule has 0 unspecified atom stereocenters. The van der Waals surface area contributed by atoms with Gasteiger partial charge in [0.1, 0.15) is 0 Å². The van der Waals surface area contributed by atoms with Crippen molar-refractivity contribution in [3.05, 3.63) is 53.3 Å². The number of benzene rings is 1. The third-order valence-electron chi connectivity index (χ3n) is 2.62. The molecule has 0 amide bonds. The predicted octanol–water partition coefficient (Wildman–Crippen LogP) is 2.39. The third-order valence-corrected chi connectivity index (χ3v) is 2.92. The Morgan fingerprint density at radius 2 is 1.94 bits per heavy atom. The van der Waals surface area contributed by atoms with Crippen molar-refractivity contribution in [3.63, 3.8) is 0 Å². The second kappa shape index (κ2) is 5.27. The lowest BCUT2D eigenvalue weighted by Gasteiger charge is -2.09. The molecule has 88 valence electrons. The molecule has 0 fully saturated rings. The highest BCUT2D eigenvalue weighted by Gasteiger charge is 2.06. The van der Waals surface area contributed by atoms with E-state index in [9.17, 15) is 0 Å². The van der Waals surface area contributed by atoms with Crippen molar-refractivity contribution in [2.75, 3.05) is 6.61 Å². The molecule has 1 heterocycles. The van der Waals surface area contributed by atoms with E-state index in [0.717, 1.165) is 16.7 Å². The smallest absolute Gasteiger partial charge is 0.0667 e. The van der Waals surface area contributed by atoms with E-state index in [1.165, 1.54) is 0 Å². The zero-order valence-corrected chi connectivity index (χ0v) is 9.93. The molecule has 0 aliphatic rings. The molecule has 0 radical (unpaired) electrons. The molecule has 0 saturated carbocycles. The number of pyridine rings is 1. The summed E-state index contributed by atoms with van der Waals surface area (Å²) in [6, 6.07) is 9.19. The van der Waals surface area contributed by atoms with Crippen LogP contribution in [-0.2, 0) is 0 Å². The van der Waals surface area contributed by atoms with Crippen LogP contribution < -0.4 is 5.73 Å². The van der Waals surface area contributed by atoms with Crippen LogP contribution in [-0.4, -0.2) is 16.7 Å². The highest BCUT2D eigenvalue weighted by Crippen LogP contribution is 2.27. The number of aliphatic hydroxyl groups is 1. The number of rotatable bonds is 3. The average molecular weight is 249 g/mol. The maximum atomic E-state index is 8.96. The van der Waals surface area contributed by atoms with Crippen molar-refractivity contribution >= 4 is 11.6 Å². The van der Waals surface area contributed by atoms with Crippen LogP contribution in [0.25, 0.3) is 11.1 Å². The quantitative estimate of drug-likeness (QED) is 0.877. The lowest BCUT2D eigenvalue weighted by Crippen LogP contribution is -2.14. The number of aliphatic hydroxyl groups excluding tert-OH is 1. The fourth-order valence-corrected chi connectivity index (χ4v) is 1.85. The summed E-state index contributed by atoms with van der Waals surface area (Å²) in [5.41, 5.74) is 8.57. The first-order valence-corrected chi connectivity index (χ1v) is 5.66. The summed E-state index contributed by atoms with van der Waals surface area (Å²) in [5, 5.41) is 9.58. The van der Waals surface area contributed by atoms with E-state index in [0.29, 0.717) is 5.02 Å². The van der Waals surface area contributed by atoms with Crippen LogP contribution in [0.2, 0.25) is 5.02 Å². The molecule has 0 bridgehead atoms. The Balaban J connectivity index is 2.33. The molecule has 0 aliphatic heterocycles. The summed E-state index contributed by atoms with van der Waals surface area (Å²) < 4.78 is 0. The van der Waals surface area contributed by atoms with Gasteiger partial charge in [0, 0.05) is 18.0 Å². The summed E-state index contributed by atoms with van der Waals surface area (Å²) in [4.78, 5) is 3.94. The largest absolute Gasteiger partial charge is 0.394 e. The molecular weight excluding hydrogens is 236 g/mol. The van der Waals surface area contributed by atoms with E-state index < -0.39 is 0 Å². The summed E-state index contributed by atoms with van der Waals surface area (Å²) in [6.45, 7) is -0.0602. The lowest BCUT2D eigenvalue weighted by molar-refractivity contribution is 0.268. The van der Waals surface area contributed by atoms with Crippen LogP contribution in [0.5, 0.6) is 0 Å². The predicted molar refractivity (Wildman–Crippen MR) is 68.7 cm³/mol. The molecule has 2 aromatic rings. The number of hydrogen-bond acceptors (Lipinski definition) is 3. The number of nitrogens with two attached hydrogens (primary N) is 1. The van der Waals surface area contributed by atoms with Crippen molar-refractivity contribution in [3.8, 4) is 11.1 Å². The van der Waals surface area contributed by atoms with Gasteiger partial charge in [-0.25, -0.2) is 0 Å². The second-order valence-corrected chi connectivity index (χ2v) is 4.17. The Labute approximate surface area is 105 Å². The summed E-state index contributed by atoms with van der Waals surface area (Å²) in [5.74, 6) is 0. The zero-order valence-electron chi connectivity index (χ0n) is 9.18. The first kappa shape index (κ1) is 12.0. The Bertz CT molecular complexity index is 499. The lowest BCUT2D eigenvalue weighted by atomic mass is 10.0. The van der Waals surface area contributed by atoms with Crippen molar-refractivity contribution < 1.29 is 5.11 Å². The highest BCUT2D eigenvalue weighted by atomic mass is 35.5. The molecular formula is C13H13ClN2O. The van der Waals surface area contributed by atoms with E-state index in [4.69, 9.17) is 22.4 Å². The van der Waals surface area contributed by atoms with Crippen LogP contribution in [0.1, 0.15) is 11.6 Å². The topological polar surface area (TPSA) is 59.1 Å². The standard InChI is InChI=1S/C13H13ClN2O/c14-12-7-16-6-5-11(12)9-1-3-10(4-2-9)13(15)8-17/h1-7,13,17H,8,15H2/t13-/m0/s1. The van der Waals surface area contributed by atoms with Crippen molar-refractivity contribution in [2.24, 2.45) is 5.73 Å². The van der Waals surface area contributed by atoms with Gasteiger partial charge in [0.05, 0.1) is 17.7 Å².